The molecule has 31 heavy (non-hydrogen) atoms. The molecule has 0 bridgehead atoms. The number of hydrogen-bond donors (Lipinski definition) is 0. The molecule has 0 unspecified atom stereocenters. The maximum atomic E-state index is 13.0. The van der Waals surface area contributed by atoms with Crippen molar-refractivity contribution in [3.63, 3.8) is 0 Å². The Morgan fingerprint density at radius 2 is 1.55 bits per heavy atom. The van der Waals surface area contributed by atoms with E-state index >= 15 is 0 Å². The smallest absolute Gasteiger partial charge is 0.307 e. The molecular weight excluding hydrogens is 388 g/mol. The summed E-state index contributed by atoms with van der Waals surface area (Å²) in [6, 6.07) is 25.8. The summed E-state index contributed by atoms with van der Waals surface area (Å²) in [5, 5.41) is 0. The van der Waals surface area contributed by atoms with Crippen LogP contribution in [0.15, 0.2) is 78.9 Å². The van der Waals surface area contributed by atoms with Crippen LogP contribution in [-0.2, 0) is 0 Å². The number of rotatable bonds is 4. The van der Waals surface area contributed by atoms with Gasteiger partial charge in [-0.25, -0.2) is 0 Å². The van der Waals surface area contributed by atoms with Crippen LogP contribution in [0.25, 0.3) is 16.7 Å². The molecular formula is C25H24N4O2. The Kier molecular flexibility index (Phi) is 5.14. The van der Waals surface area contributed by atoms with Crippen LogP contribution in [0, 0.1) is 0 Å². The Hall–Kier alpha value is -3.64. The fraction of sp³-hybridized carbons (Fsp3) is 0.200. The van der Waals surface area contributed by atoms with Crippen LogP contribution in [0.1, 0.15) is 10.4 Å². The SMILES string of the molecule is CN1CCN(C(=O)c2ccc3c(c2)nc(Oc2ccccc2)n3-c2ccccc2)CC1. The van der Waals surface area contributed by atoms with Crippen LogP contribution in [0.2, 0.25) is 0 Å². The monoisotopic (exact) mass is 412 g/mol. The Labute approximate surface area is 181 Å². The second-order valence-corrected chi connectivity index (χ2v) is 7.78. The molecule has 0 atom stereocenters. The van der Waals surface area contributed by atoms with Gasteiger partial charge in [0.05, 0.1) is 16.7 Å². The summed E-state index contributed by atoms with van der Waals surface area (Å²) >= 11 is 0. The Balaban J connectivity index is 1.55. The first-order valence-electron chi connectivity index (χ1n) is 10.5. The molecule has 0 radical (unpaired) electrons. The Bertz CT molecular complexity index is 1200. The largest absolute Gasteiger partial charge is 0.425 e. The van der Waals surface area contributed by atoms with E-state index in [1.54, 1.807) is 0 Å². The van der Waals surface area contributed by atoms with Crippen LogP contribution < -0.4 is 4.74 Å². The van der Waals surface area contributed by atoms with E-state index in [9.17, 15) is 4.79 Å². The summed E-state index contributed by atoms with van der Waals surface area (Å²) in [4.78, 5) is 21.9. The maximum Gasteiger partial charge on any atom is 0.307 e. The zero-order chi connectivity index (χ0) is 21.2. The quantitative estimate of drug-likeness (QED) is 0.504. The van der Waals surface area contributed by atoms with Gasteiger partial charge in [0, 0.05) is 31.7 Å². The summed E-state index contributed by atoms with van der Waals surface area (Å²) in [6.45, 7) is 3.28. The van der Waals surface area contributed by atoms with E-state index in [2.05, 4.69) is 11.9 Å². The molecule has 0 saturated carbocycles. The van der Waals surface area contributed by atoms with Gasteiger partial charge in [0.15, 0.2) is 0 Å². The van der Waals surface area contributed by atoms with Gasteiger partial charge in [-0.15, -0.1) is 0 Å². The fourth-order valence-corrected chi connectivity index (χ4v) is 3.87. The number of carbonyl (C=O) groups is 1. The average Bonchev–Trinajstić information content (AvgIpc) is 3.17. The van der Waals surface area contributed by atoms with Crippen molar-refractivity contribution in [2.75, 3.05) is 33.2 Å². The van der Waals surface area contributed by atoms with Gasteiger partial charge in [-0.3, -0.25) is 9.36 Å². The third-order valence-corrected chi connectivity index (χ3v) is 5.63. The predicted octanol–water partition coefficient (Wildman–Crippen LogP) is 4.21. The van der Waals surface area contributed by atoms with Crippen molar-refractivity contribution in [3.8, 4) is 17.4 Å². The lowest BCUT2D eigenvalue weighted by Gasteiger charge is -2.32. The van der Waals surface area contributed by atoms with Crippen LogP contribution in [-0.4, -0.2) is 58.5 Å². The summed E-state index contributed by atoms with van der Waals surface area (Å²) in [7, 11) is 2.08. The topological polar surface area (TPSA) is 50.6 Å². The second kappa shape index (κ2) is 8.24. The van der Waals surface area contributed by atoms with Crippen LogP contribution in [0.5, 0.6) is 11.8 Å². The van der Waals surface area contributed by atoms with E-state index in [1.165, 1.54) is 0 Å². The molecule has 1 aliphatic heterocycles. The Morgan fingerprint density at radius 3 is 2.26 bits per heavy atom. The van der Waals surface area contributed by atoms with Gasteiger partial charge in [-0.1, -0.05) is 36.4 Å². The van der Waals surface area contributed by atoms with Crippen molar-refractivity contribution in [1.82, 2.24) is 19.4 Å². The summed E-state index contributed by atoms with van der Waals surface area (Å²) in [5.74, 6) is 0.763. The van der Waals surface area contributed by atoms with Crippen molar-refractivity contribution in [2.45, 2.75) is 0 Å². The first-order chi connectivity index (χ1) is 15.2. The number of ether oxygens (including phenoxy) is 1. The van der Waals surface area contributed by atoms with Crippen LogP contribution in [0.3, 0.4) is 0 Å². The number of likely N-dealkylation sites (N-methyl/N-ethyl adjacent to an activating group) is 1. The van der Waals surface area contributed by atoms with Crippen LogP contribution >= 0.6 is 0 Å². The van der Waals surface area contributed by atoms with Crippen molar-refractivity contribution in [3.05, 3.63) is 84.4 Å². The zero-order valence-electron chi connectivity index (χ0n) is 17.4. The van der Waals surface area contributed by atoms with Crippen molar-refractivity contribution in [1.29, 1.82) is 0 Å². The molecule has 3 aromatic carbocycles. The molecule has 6 nitrogen and oxygen atoms in total. The predicted molar refractivity (Wildman–Crippen MR) is 121 cm³/mol. The average molecular weight is 412 g/mol. The van der Waals surface area contributed by atoms with E-state index < -0.39 is 0 Å². The molecule has 156 valence electrons. The molecule has 0 aliphatic carbocycles. The highest BCUT2D eigenvalue weighted by atomic mass is 16.5. The number of fused-ring (bicyclic) bond motifs is 1. The minimum absolute atomic E-state index is 0.0507. The van der Waals surface area contributed by atoms with E-state index in [-0.39, 0.29) is 5.91 Å². The van der Waals surface area contributed by atoms with Crippen LogP contribution in [0.4, 0.5) is 0 Å². The van der Waals surface area contributed by atoms with Crippen molar-refractivity contribution < 1.29 is 9.53 Å². The number of aromatic nitrogens is 2. The van der Waals surface area contributed by atoms with Crippen molar-refractivity contribution >= 4 is 16.9 Å². The highest BCUT2D eigenvalue weighted by Gasteiger charge is 2.22. The standard InChI is InChI=1S/C25H24N4O2/c1-27-14-16-28(17-15-27)24(30)19-12-13-23-22(18-19)26-25(31-21-10-6-3-7-11-21)29(23)20-8-4-2-5-9-20/h2-13,18H,14-17H2,1H3. The summed E-state index contributed by atoms with van der Waals surface area (Å²) in [5.41, 5.74) is 3.23. The van der Waals surface area contributed by atoms with E-state index in [1.807, 2.05) is 88.3 Å². The lowest BCUT2D eigenvalue weighted by molar-refractivity contribution is 0.0664. The molecule has 6 heteroatoms. The van der Waals surface area contributed by atoms with E-state index in [0.29, 0.717) is 17.3 Å². The van der Waals surface area contributed by atoms with Gasteiger partial charge in [0.2, 0.25) is 0 Å². The molecule has 4 aromatic rings. The first-order valence-corrected chi connectivity index (χ1v) is 10.5. The van der Waals surface area contributed by atoms with Gasteiger partial charge < -0.3 is 14.5 Å². The number of carbonyl (C=O) groups excluding carboxylic acids is 1. The number of piperazine rings is 1. The number of hydrogen-bond acceptors (Lipinski definition) is 4. The number of para-hydroxylation sites is 2. The molecule has 2 heterocycles. The minimum atomic E-state index is 0.0507. The van der Waals surface area contributed by atoms with Gasteiger partial charge in [-0.05, 0) is 49.5 Å². The summed E-state index contributed by atoms with van der Waals surface area (Å²) in [6.07, 6.45) is 0. The van der Waals surface area contributed by atoms with Gasteiger partial charge in [-0.2, -0.15) is 4.98 Å². The number of amides is 1. The van der Waals surface area contributed by atoms with E-state index in [4.69, 9.17) is 9.72 Å². The molecule has 1 saturated heterocycles. The normalized spacial score (nSPS) is 14.7. The molecule has 1 aliphatic rings. The maximum absolute atomic E-state index is 13.0. The third kappa shape index (κ3) is 3.90. The lowest BCUT2D eigenvalue weighted by atomic mass is 10.1. The van der Waals surface area contributed by atoms with E-state index in [0.717, 1.165) is 42.9 Å². The molecule has 1 amide bonds. The van der Waals surface area contributed by atoms with Crippen molar-refractivity contribution in [2.24, 2.45) is 0 Å². The lowest BCUT2D eigenvalue weighted by Crippen LogP contribution is -2.47. The molecule has 0 spiro atoms. The highest BCUT2D eigenvalue weighted by molar-refractivity contribution is 5.98. The van der Waals surface area contributed by atoms with Gasteiger partial charge in [0.25, 0.3) is 5.91 Å². The third-order valence-electron chi connectivity index (χ3n) is 5.63. The summed E-state index contributed by atoms with van der Waals surface area (Å²) < 4.78 is 8.11. The van der Waals surface area contributed by atoms with Gasteiger partial charge >= 0.3 is 6.01 Å². The van der Waals surface area contributed by atoms with Gasteiger partial charge in [0.1, 0.15) is 5.75 Å². The molecule has 1 fully saturated rings. The number of nitrogens with zero attached hydrogens (tertiary/aromatic N) is 4. The zero-order valence-corrected chi connectivity index (χ0v) is 17.4. The minimum Gasteiger partial charge on any atom is -0.425 e. The fourth-order valence-electron chi connectivity index (χ4n) is 3.87. The molecule has 5 rings (SSSR count). The number of benzene rings is 3. The second-order valence-electron chi connectivity index (χ2n) is 7.78. The Morgan fingerprint density at radius 1 is 0.871 bits per heavy atom. The molecule has 1 aromatic heterocycles. The first kappa shape index (κ1) is 19.3. The molecule has 0 N–H and O–H groups in total. The highest BCUT2D eigenvalue weighted by Crippen LogP contribution is 2.30. The number of imidazole rings is 1.